The molecule has 2 rings (SSSR count). The van der Waals surface area contributed by atoms with Crippen molar-refractivity contribution in [3.63, 3.8) is 0 Å². The van der Waals surface area contributed by atoms with Crippen molar-refractivity contribution in [3.8, 4) is 5.75 Å². The van der Waals surface area contributed by atoms with Gasteiger partial charge in [0, 0.05) is 12.0 Å². The monoisotopic (exact) mass is 336 g/mol. The molecule has 5 nitrogen and oxygen atoms in total. The van der Waals surface area contributed by atoms with Crippen molar-refractivity contribution in [2.45, 2.75) is 39.8 Å². The smallest absolute Gasteiger partial charge is 0.162 e. The van der Waals surface area contributed by atoms with Crippen LogP contribution >= 0.6 is 11.6 Å². The first-order chi connectivity index (χ1) is 10.9. The number of carbonyl (C=O) groups is 1. The molecule has 0 radical (unpaired) electrons. The summed E-state index contributed by atoms with van der Waals surface area (Å²) < 4.78 is 7.23. The van der Waals surface area contributed by atoms with Crippen molar-refractivity contribution in [1.82, 2.24) is 9.78 Å². The van der Waals surface area contributed by atoms with E-state index in [4.69, 9.17) is 16.3 Å². The van der Waals surface area contributed by atoms with Gasteiger partial charge in [0.1, 0.15) is 18.5 Å². The van der Waals surface area contributed by atoms with Crippen LogP contribution in [0.25, 0.3) is 0 Å². The van der Waals surface area contributed by atoms with Gasteiger partial charge in [0.05, 0.1) is 23.0 Å². The SMILES string of the molecule is CCC(=O)c1ccc(OCC(O)Cn2nc(C)c(Cl)c2C)cc1. The van der Waals surface area contributed by atoms with Crippen LogP contribution in [0, 0.1) is 13.8 Å². The van der Waals surface area contributed by atoms with E-state index in [9.17, 15) is 9.90 Å². The van der Waals surface area contributed by atoms with E-state index in [0.717, 1.165) is 11.4 Å². The first-order valence-electron chi connectivity index (χ1n) is 7.56. The highest BCUT2D eigenvalue weighted by Gasteiger charge is 2.13. The molecule has 0 saturated carbocycles. The number of nitrogens with zero attached hydrogens (tertiary/aromatic N) is 2. The molecule has 0 saturated heterocycles. The van der Waals surface area contributed by atoms with Crippen LogP contribution in [-0.4, -0.2) is 33.4 Å². The highest BCUT2D eigenvalue weighted by molar-refractivity contribution is 6.31. The number of carbonyl (C=O) groups excluding carboxylic acids is 1. The van der Waals surface area contributed by atoms with Crippen molar-refractivity contribution in [1.29, 1.82) is 0 Å². The predicted molar refractivity (Wildman–Crippen MR) is 89.3 cm³/mol. The van der Waals surface area contributed by atoms with Gasteiger partial charge in [0.25, 0.3) is 0 Å². The first kappa shape index (κ1) is 17.5. The van der Waals surface area contributed by atoms with Crippen LogP contribution in [0.2, 0.25) is 5.02 Å². The van der Waals surface area contributed by atoms with E-state index < -0.39 is 6.10 Å². The van der Waals surface area contributed by atoms with Crippen LogP contribution in [0.4, 0.5) is 0 Å². The zero-order valence-electron chi connectivity index (χ0n) is 13.5. The average Bonchev–Trinajstić information content (AvgIpc) is 2.79. The molecule has 0 aliphatic heterocycles. The lowest BCUT2D eigenvalue weighted by molar-refractivity contribution is 0.0886. The van der Waals surface area contributed by atoms with Gasteiger partial charge in [0.15, 0.2) is 5.78 Å². The van der Waals surface area contributed by atoms with Crippen molar-refractivity contribution in [3.05, 3.63) is 46.2 Å². The van der Waals surface area contributed by atoms with E-state index >= 15 is 0 Å². The minimum absolute atomic E-state index is 0.0954. The lowest BCUT2D eigenvalue weighted by Crippen LogP contribution is -2.24. The van der Waals surface area contributed by atoms with Gasteiger partial charge in [-0.3, -0.25) is 9.48 Å². The lowest BCUT2D eigenvalue weighted by Gasteiger charge is -2.13. The number of ketones is 1. The van der Waals surface area contributed by atoms with Gasteiger partial charge in [-0.15, -0.1) is 0 Å². The topological polar surface area (TPSA) is 64.3 Å². The van der Waals surface area contributed by atoms with Gasteiger partial charge in [-0.2, -0.15) is 5.10 Å². The maximum Gasteiger partial charge on any atom is 0.162 e. The zero-order valence-corrected chi connectivity index (χ0v) is 14.3. The molecule has 1 aromatic heterocycles. The molecule has 1 aromatic carbocycles. The van der Waals surface area contributed by atoms with Crippen LogP contribution in [0.5, 0.6) is 5.75 Å². The standard InChI is InChI=1S/C17H21ClN2O3/c1-4-16(22)13-5-7-15(8-6-13)23-10-14(21)9-20-12(3)17(18)11(2)19-20/h5-8,14,21H,4,9-10H2,1-3H3. The van der Waals surface area contributed by atoms with E-state index in [1.807, 2.05) is 20.8 Å². The molecule has 1 heterocycles. The van der Waals surface area contributed by atoms with E-state index in [1.165, 1.54) is 0 Å². The molecule has 0 bridgehead atoms. The number of benzene rings is 1. The van der Waals surface area contributed by atoms with Crippen LogP contribution in [0.15, 0.2) is 24.3 Å². The Kier molecular flexibility index (Phi) is 5.80. The fourth-order valence-electron chi connectivity index (χ4n) is 2.24. The molecule has 0 fully saturated rings. The molecular formula is C17H21ClN2O3. The normalized spacial score (nSPS) is 12.2. The van der Waals surface area contributed by atoms with Gasteiger partial charge in [-0.05, 0) is 38.1 Å². The molecule has 0 spiro atoms. The molecule has 1 atom stereocenters. The Labute approximate surface area is 140 Å². The number of hydrogen-bond donors (Lipinski definition) is 1. The second-order valence-corrected chi connectivity index (χ2v) is 5.81. The molecule has 0 aliphatic rings. The number of aliphatic hydroxyl groups excluding tert-OH is 1. The van der Waals surface area contributed by atoms with Crippen molar-refractivity contribution < 1.29 is 14.6 Å². The van der Waals surface area contributed by atoms with E-state index in [0.29, 0.717) is 29.3 Å². The van der Waals surface area contributed by atoms with Gasteiger partial charge in [-0.1, -0.05) is 18.5 Å². The Balaban J connectivity index is 1.90. The fourth-order valence-corrected chi connectivity index (χ4v) is 2.37. The maximum atomic E-state index is 11.6. The quantitative estimate of drug-likeness (QED) is 0.789. The molecule has 1 unspecified atom stereocenters. The van der Waals surface area contributed by atoms with Gasteiger partial charge >= 0.3 is 0 Å². The van der Waals surface area contributed by atoms with E-state index in [2.05, 4.69) is 5.10 Å². The molecule has 1 N–H and O–H groups in total. The van der Waals surface area contributed by atoms with Crippen LogP contribution in [0.3, 0.4) is 0 Å². The van der Waals surface area contributed by atoms with Gasteiger partial charge < -0.3 is 9.84 Å². The Morgan fingerprint density at radius 1 is 1.35 bits per heavy atom. The molecule has 0 aliphatic carbocycles. The lowest BCUT2D eigenvalue weighted by atomic mass is 10.1. The Bertz CT molecular complexity index is 680. The maximum absolute atomic E-state index is 11.6. The summed E-state index contributed by atoms with van der Waals surface area (Å²) in [6, 6.07) is 6.92. The summed E-state index contributed by atoms with van der Waals surface area (Å²) in [7, 11) is 0. The fraction of sp³-hybridized carbons (Fsp3) is 0.412. The average molecular weight is 337 g/mol. The number of aryl methyl sites for hydroxylation is 1. The Hall–Kier alpha value is -1.85. The number of aliphatic hydroxyl groups is 1. The molecule has 124 valence electrons. The zero-order chi connectivity index (χ0) is 17.0. The first-order valence-corrected chi connectivity index (χ1v) is 7.93. The van der Waals surface area contributed by atoms with Crippen molar-refractivity contribution in [2.24, 2.45) is 0 Å². The van der Waals surface area contributed by atoms with Crippen LogP contribution in [-0.2, 0) is 6.54 Å². The summed E-state index contributed by atoms with van der Waals surface area (Å²) in [6.45, 7) is 5.96. The number of hydrogen-bond acceptors (Lipinski definition) is 4. The van der Waals surface area contributed by atoms with E-state index in [1.54, 1.807) is 28.9 Å². The summed E-state index contributed by atoms with van der Waals surface area (Å²) >= 11 is 6.08. The summed E-state index contributed by atoms with van der Waals surface area (Å²) in [5.41, 5.74) is 2.23. The summed E-state index contributed by atoms with van der Waals surface area (Å²) in [4.78, 5) is 11.6. The Morgan fingerprint density at radius 3 is 2.52 bits per heavy atom. The predicted octanol–water partition coefficient (Wildman–Crippen LogP) is 3.19. The molecule has 23 heavy (non-hydrogen) atoms. The highest BCUT2D eigenvalue weighted by atomic mass is 35.5. The number of halogens is 1. The summed E-state index contributed by atoms with van der Waals surface area (Å²) in [5.74, 6) is 0.709. The number of rotatable bonds is 7. The molecule has 2 aromatic rings. The summed E-state index contributed by atoms with van der Waals surface area (Å²) in [6.07, 6.45) is -0.231. The third kappa shape index (κ3) is 4.33. The van der Waals surface area contributed by atoms with Crippen molar-refractivity contribution >= 4 is 17.4 Å². The van der Waals surface area contributed by atoms with Gasteiger partial charge in [0.2, 0.25) is 0 Å². The van der Waals surface area contributed by atoms with Crippen molar-refractivity contribution in [2.75, 3.05) is 6.61 Å². The Morgan fingerprint density at radius 2 is 2.00 bits per heavy atom. The van der Waals surface area contributed by atoms with Gasteiger partial charge in [-0.25, -0.2) is 0 Å². The molecular weight excluding hydrogens is 316 g/mol. The number of aromatic nitrogens is 2. The largest absolute Gasteiger partial charge is 0.491 e. The van der Waals surface area contributed by atoms with Crippen LogP contribution < -0.4 is 4.74 Å². The minimum Gasteiger partial charge on any atom is -0.491 e. The molecule has 0 amide bonds. The highest BCUT2D eigenvalue weighted by Crippen LogP contribution is 2.19. The third-order valence-electron chi connectivity index (χ3n) is 3.62. The number of ether oxygens (including phenoxy) is 1. The number of Topliss-reactive ketones (excluding diaryl/α,β-unsaturated/α-hetero) is 1. The third-order valence-corrected chi connectivity index (χ3v) is 4.16. The second-order valence-electron chi connectivity index (χ2n) is 5.43. The summed E-state index contributed by atoms with van der Waals surface area (Å²) in [5, 5.41) is 15.0. The molecule has 6 heteroatoms. The second kappa shape index (κ2) is 7.62. The van der Waals surface area contributed by atoms with E-state index in [-0.39, 0.29) is 12.4 Å². The van der Waals surface area contributed by atoms with Crippen LogP contribution in [0.1, 0.15) is 35.1 Å². The minimum atomic E-state index is -0.707.